The first-order valence-electron chi connectivity index (χ1n) is 6.38. The second-order valence-electron chi connectivity index (χ2n) is 4.98. The van der Waals surface area contributed by atoms with E-state index in [9.17, 15) is 4.79 Å². The van der Waals surface area contributed by atoms with Crippen LogP contribution in [0.4, 0.5) is 5.82 Å². The molecule has 3 rings (SSSR count). The molecule has 1 aliphatic rings. The van der Waals surface area contributed by atoms with Crippen LogP contribution in [0.3, 0.4) is 0 Å². The molecular formula is C14H10Cl2N4O. The number of rotatable bonds is 3. The normalized spacial score (nSPS) is 20.0. The van der Waals surface area contributed by atoms with Gasteiger partial charge in [-0.05, 0) is 29.9 Å². The molecule has 2 atom stereocenters. The third kappa shape index (κ3) is 2.92. The van der Waals surface area contributed by atoms with Gasteiger partial charge < -0.3 is 5.32 Å². The number of carbonyl (C=O) groups excluding carboxylic acids is 1. The molecule has 21 heavy (non-hydrogen) atoms. The summed E-state index contributed by atoms with van der Waals surface area (Å²) < 4.78 is 0. The van der Waals surface area contributed by atoms with Gasteiger partial charge in [0.1, 0.15) is 16.1 Å². The third-order valence-corrected chi connectivity index (χ3v) is 3.98. The first kappa shape index (κ1) is 14.1. The quantitative estimate of drug-likeness (QED) is 0.879. The molecule has 2 aromatic heterocycles. The lowest BCUT2D eigenvalue weighted by molar-refractivity contribution is -0.117. The summed E-state index contributed by atoms with van der Waals surface area (Å²) in [5.41, 5.74) is 0. The summed E-state index contributed by atoms with van der Waals surface area (Å²) in [5, 5.41) is 13.4. The van der Waals surface area contributed by atoms with Crippen LogP contribution in [0.2, 0.25) is 10.3 Å². The van der Waals surface area contributed by atoms with Crippen molar-refractivity contribution in [3.05, 3.63) is 28.6 Å². The zero-order chi connectivity index (χ0) is 15.0. The van der Waals surface area contributed by atoms with Gasteiger partial charge in [0.25, 0.3) is 0 Å². The topological polar surface area (TPSA) is 78.7 Å². The smallest absolute Gasteiger partial charge is 0.228 e. The summed E-state index contributed by atoms with van der Waals surface area (Å²) in [6.07, 6.45) is 2.73. The van der Waals surface area contributed by atoms with Crippen molar-refractivity contribution < 1.29 is 4.79 Å². The predicted molar refractivity (Wildman–Crippen MR) is 80.0 cm³/mol. The molecule has 5 nitrogen and oxygen atoms in total. The Kier molecular flexibility index (Phi) is 3.66. The van der Waals surface area contributed by atoms with Gasteiger partial charge in [0, 0.05) is 23.9 Å². The van der Waals surface area contributed by atoms with E-state index in [1.165, 1.54) is 0 Å². The number of hydrogen-bond acceptors (Lipinski definition) is 4. The minimum absolute atomic E-state index is 0.0910. The fraction of sp³-hybridized carbons (Fsp3) is 0.286. The van der Waals surface area contributed by atoms with Gasteiger partial charge in [0.2, 0.25) is 5.91 Å². The zero-order valence-corrected chi connectivity index (χ0v) is 12.3. The van der Waals surface area contributed by atoms with Crippen molar-refractivity contribution in [1.29, 1.82) is 5.26 Å². The molecule has 0 aliphatic heterocycles. The van der Waals surface area contributed by atoms with Gasteiger partial charge in [0.15, 0.2) is 0 Å². The highest BCUT2D eigenvalue weighted by Gasteiger charge is 2.42. The van der Waals surface area contributed by atoms with Crippen LogP contribution in [0, 0.1) is 23.2 Å². The van der Waals surface area contributed by atoms with Crippen molar-refractivity contribution in [1.82, 2.24) is 9.97 Å². The number of aromatic nitrogens is 2. The number of nitrogens with zero attached hydrogens (tertiary/aromatic N) is 3. The Bertz CT molecular complexity index is 771. The Morgan fingerprint density at radius 1 is 1.48 bits per heavy atom. The molecule has 0 spiro atoms. The van der Waals surface area contributed by atoms with E-state index < -0.39 is 0 Å². The lowest BCUT2D eigenvalue weighted by Gasteiger charge is -2.06. The fourth-order valence-corrected chi connectivity index (χ4v) is 2.77. The first-order chi connectivity index (χ1) is 10.1. The molecule has 106 valence electrons. The molecule has 1 amide bonds. The Hall–Kier alpha value is -1.90. The molecule has 0 saturated heterocycles. The maximum Gasteiger partial charge on any atom is 0.228 e. The van der Waals surface area contributed by atoms with Gasteiger partial charge in [-0.1, -0.05) is 23.2 Å². The van der Waals surface area contributed by atoms with Crippen LogP contribution in [0.1, 0.15) is 12.8 Å². The number of amides is 1. The SMILES string of the molecule is N#CCC1CC1C(=O)Nc1cc2cc(Cl)nc(Cl)c2cn1. The van der Waals surface area contributed by atoms with Crippen molar-refractivity contribution in [2.45, 2.75) is 12.8 Å². The Morgan fingerprint density at radius 3 is 3.05 bits per heavy atom. The van der Waals surface area contributed by atoms with Crippen LogP contribution in [-0.2, 0) is 4.79 Å². The summed E-state index contributed by atoms with van der Waals surface area (Å²) in [6.45, 7) is 0. The molecule has 0 bridgehead atoms. The fourth-order valence-electron chi connectivity index (χ4n) is 2.28. The molecule has 7 heteroatoms. The summed E-state index contributed by atoms with van der Waals surface area (Å²) >= 11 is 11.8. The highest BCUT2D eigenvalue weighted by atomic mass is 35.5. The molecule has 1 aliphatic carbocycles. The monoisotopic (exact) mass is 320 g/mol. The van der Waals surface area contributed by atoms with Crippen molar-refractivity contribution in [3.63, 3.8) is 0 Å². The summed E-state index contributed by atoms with van der Waals surface area (Å²) in [7, 11) is 0. The molecule has 0 aromatic carbocycles. The van der Waals surface area contributed by atoms with Gasteiger partial charge in [-0.2, -0.15) is 5.26 Å². The molecule has 2 aromatic rings. The lowest BCUT2D eigenvalue weighted by Crippen LogP contribution is -2.15. The van der Waals surface area contributed by atoms with Crippen LogP contribution < -0.4 is 5.32 Å². The van der Waals surface area contributed by atoms with Crippen LogP contribution in [0.5, 0.6) is 0 Å². The van der Waals surface area contributed by atoms with E-state index in [0.717, 1.165) is 11.8 Å². The molecule has 1 N–H and O–H groups in total. The second kappa shape index (κ2) is 5.47. The average Bonchev–Trinajstić information content (AvgIpc) is 3.18. The van der Waals surface area contributed by atoms with E-state index in [-0.39, 0.29) is 28.0 Å². The average molecular weight is 321 g/mol. The number of anilines is 1. The van der Waals surface area contributed by atoms with Gasteiger partial charge in [-0.3, -0.25) is 4.79 Å². The van der Waals surface area contributed by atoms with E-state index in [0.29, 0.717) is 17.6 Å². The number of fused-ring (bicyclic) bond motifs is 1. The molecular weight excluding hydrogens is 311 g/mol. The van der Waals surface area contributed by atoms with E-state index in [1.54, 1.807) is 18.3 Å². The van der Waals surface area contributed by atoms with E-state index in [1.807, 2.05) is 0 Å². The van der Waals surface area contributed by atoms with Crippen molar-refractivity contribution >= 4 is 45.7 Å². The molecule has 0 radical (unpaired) electrons. The predicted octanol–water partition coefficient (Wildman–Crippen LogP) is 3.42. The number of carbonyl (C=O) groups is 1. The first-order valence-corrected chi connectivity index (χ1v) is 7.13. The van der Waals surface area contributed by atoms with Gasteiger partial charge in [-0.25, -0.2) is 9.97 Å². The third-order valence-electron chi connectivity index (χ3n) is 3.50. The highest BCUT2D eigenvalue weighted by Crippen LogP contribution is 2.41. The largest absolute Gasteiger partial charge is 0.310 e. The van der Waals surface area contributed by atoms with Gasteiger partial charge in [0.05, 0.1) is 6.07 Å². The van der Waals surface area contributed by atoms with Crippen LogP contribution in [0.15, 0.2) is 18.3 Å². The maximum atomic E-state index is 12.0. The second-order valence-corrected chi connectivity index (χ2v) is 5.73. The Balaban J connectivity index is 1.79. The standard InChI is InChI=1S/C14H10Cl2N4O/c15-11-4-8-5-12(18-6-10(8)13(16)19-11)20-14(21)9-3-7(9)1-2-17/h4-7,9H,1,3H2,(H,18,20,21). The number of halogens is 2. The van der Waals surface area contributed by atoms with Crippen molar-refractivity contribution in [2.24, 2.45) is 11.8 Å². The molecule has 2 heterocycles. The van der Waals surface area contributed by atoms with Crippen LogP contribution >= 0.6 is 23.2 Å². The van der Waals surface area contributed by atoms with E-state index in [4.69, 9.17) is 28.5 Å². The zero-order valence-electron chi connectivity index (χ0n) is 10.8. The summed E-state index contributed by atoms with van der Waals surface area (Å²) in [6, 6.07) is 5.45. The minimum Gasteiger partial charge on any atom is -0.310 e. The molecule has 1 saturated carbocycles. The number of nitriles is 1. The summed E-state index contributed by atoms with van der Waals surface area (Å²) in [5.74, 6) is 0.414. The number of nitrogens with one attached hydrogen (secondary N) is 1. The van der Waals surface area contributed by atoms with E-state index >= 15 is 0 Å². The molecule has 2 unspecified atom stereocenters. The van der Waals surface area contributed by atoms with Crippen LogP contribution in [0.25, 0.3) is 10.8 Å². The van der Waals surface area contributed by atoms with Gasteiger partial charge in [-0.15, -0.1) is 0 Å². The Labute approximate surface area is 130 Å². The molecule has 1 fully saturated rings. The van der Waals surface area contributed by atoms with Crippen molar-refractivity contribution in [2.75, 3.05) is 5.32 Å². The highest BCUT2D eigenvalue weighted by molar-refractivity contribution is 6.36. The summed E-state index contributed by atoms with van der Waals surface area (Å²) in [4.78, 5) is 20.1. The van der Waals surface area contributed by atoms with E-state index in [2.05, 4.69) is 21.4 Å². The van der Waals surface area contributed by atoms with Crippen molar-refractivity contribution in [3.8, 4) is 6.07 Å². The maximum absolute atomic E-state index is 12.0. The number of hydrogen-bond donors (Lipinski definition) is 1. The number of pyridine rings is 2. The Morgan fingerprint density at radius 2 is 2.29 bits per heavy atom. The lowest BCUT2D eigenvalue weighted by atomic mass is 10.2. The van der Waals surface area contributed by atoms with Gasteiger partial charge >= 0.3 is 0 Å². The van der Waals surface area contributed by atoms with Crippen LogP contribution in [-0.4, -0.2) is 15.9 Å². The minimum atomic E-state index is -0.103.